The Labute approximate surface area is 164 Å². The number of ether oxygens (including phenoxy) is 1. The Kier molecular flexibility index (Phi) is 4.82. The molecule has 0 radical (unpaired) electrons. The third-order valence-corrected chi connectivity index (χ3v) is 5.51. The summed E-state index contributed by atoms with van der Waals surface area (Å²) in [5.74, 6) is 1.17. The molecule has 1 fully saturated rings. The topological polar surface area (TPSA) is 52.8 Å². The highest BCUT2D eigenvalue weighted by molar-refractivity contribution is 14.1. The molecule has 0 saturated heterocycles. The Balaban J connectivity index is 1.50. The van der Waals surface area contributed by atoms with Gasteiger partial charge in [0.2, 0.25) is 5.88 Å². The molecule has 0 aromatic carbocycles. The third kappa shape index (κ3) is 3.74. The van der Waals surface area contributed by atoms with E-state index in [9.17, 15) is 0 Å². The summed E-state index contributed by atoms with van der Waals surface area (Å²) < 4.78 is 9.16. The number of halogens is 2. The van der Waals surface area contributed by atoms with Gasteiger partial charge < -0.3 is 4.74 Å². The van der Waals surface area contributed by atoms with E-state index in [-0.39, 0.29) is 6.10 Å². The van der Waals surface area contributed by atoms with Gasteiger partial charge in [-0.3, -0.25) is 9.67 Å². The summed E-state index contributed by atoms with van der Waals surface area (Å²) in [6, 6.07) is 3.82. The summed E-state index contributed by atoms with van der Waals surface area (Å²) in [6.45, 7) is 0. The van der Waals surface area contributed by atoms with Crippen molar-refractivity contribution in [2.45, 2.75) is 37.7 Å². The highest BCUT2D eigenvalue weighted by Crippen LogP contribution is 2.35. The van der Waals surface area contributed by atoms with Crippen LogP contribution in [0.5, 0.6) is 5.88 Å². The lowest BCUT2D eigenvalue weighted by molar-refractivity contribution is 0.142. The average molecular weight is 469 g/mol. The zero-order chi connectivity index (χ0) is 17.4. The molecule has 4 rings (SSSR count). The van der Waals surface area contributed by atoms with E-state index >= 15 is 0 Å². The minimum absolute atomic E-state index is 0.167. The summed E-state index contributed by atoms with van der Waals surface area (Å²) in [5.41, 5.74) is 2.14. The fraction of sp³-hybridized carbons (Fsp3) is 0.389. The molecule has 0 N–H and O–H groups in total. The Morgan fingerprint density at radius 2 is 2.00 bits per heavy atom. The lowest BCUT2D eigenvalue weighted by Gasteiger charge is -2.28. The quantitative estimate of drug-likeness (QED) is 0.412. The minimum Gasteiger partial charge on any atom is -0.474 e. The second-order valence-corrected chi connectivity index (χ2v) is 8.14. The van der Waals surface area contributed by atoms with E-state index in [1.54, 1.807) is 6.07 Å². The second kappa shape index (κ2) is 7.07. The van der Waals surface area contributed by atoms with Crippen molar-refractivity contribution in [1.82, 2.24) is 19.7 Å². The molecule has 3 aromatic heterocycles. The van der Waals surface area contributed by atoms with E-state index in [1.165, 1.54) is 5.56 Å². The standard InChI is InChI=1S/C18H18ClIN4O/c1-24-10-12(8-22-24)11-2-4-14(5-3-11)25-18-15-6-13(20)9-21-16(15)7-17(19)23-18/h6-11,14H,2-5H2,1H3. The number of hydrogen-bond acceptors (Lipinski definition) is 4. The van der Waals surface area contributed by atoms with E-state index in [0.717, 1.165) is 40.2 Å². The van der Waals surface area contributed by atoms with Crippen molar-refractivity contribution in [1.29, 1.82) is 0 Å². The van der Waals surface area contributed by atoms with Gasteiger partial charge in [0.1, 0.15) is 11.3 Å². The van der Waals surface area contributed by atoms with Crippen molar-refractivity contribution in [2.24, 2.45) is 7.05 Å². The van der Waals surface area contributed by atoms with Crippen LogP contribution in [0.4, 0.5) is 0 Å². The van der Waals surface area contributed by atoms with E-state index in [1.807, 2.05) is 30.2 Å². The van der Waals surface area contributed by atoms with Crippen molar-refractivity contribution in [3.63, 3.8) is 0 Å². The van der Waals surface area contributed by atoms with Crippen LogP contribution < -0.4 is 4.74 Å². The van der Waals surface area contributed by atoms with Gasteiger partial charge in [0.05, 0.1) is 17.1 Å². The monoisotopic (exact) mass is 468 g/mol. The summed E-state index contributed by atoms with van der Waals surface area (Å²) in [5, 5.41) is 5.62. The van der Waals surface area contributed by atoms with Crippen LogP contribution in [-0.4, -0.2) is 25.9 Å². The van der Waals surface area contributed by atoms with Gasteiger partial charge in [-0.1, -0.05) is 11.6 Å². The smallest absolute Gasteiger partial charge is 0.224 e. The van der Waals surface area contributed by atoms with Crippen molar-refractivity contribution in [2.75, 3.05) is 0 Å². The number of aromatic nitrogens is 4. The Morgan fingerprint density at radius 1 is 1.20 bits per heavy atom. The van der Waals surface area contributed by atoms with Gasteiger partial charge >= 0.3 is 0 Å². The van der Waals surface area contributed by atoms with E-state index < -0.39 is 0 Å². The van der Waals surface area contributed by atoms with Crippen molar-refractivity contribution in [3.05, 3.63) is 45.0 Å². The first-order valence-corrected chi connectivity index (χ1v) is 9.81. The summed E-state index contributed by atoms with van der Waals surface area (Å²) >= 11 is 8.39. The van der Waals surface area contributed by atoms with Crippen molar-refractivity contribution < 1.29 is 4.74 Å². The average Bonchev–Trinajstić information content (AvgIpc) is 3.02. The first-order chi connectivity index (χ1) is 12.1. The molecule has 1 aliphatic rings. The predicted molar refractivity (Wildman–Crippen MR) is 106 cm³/mol. The molecular formula is C18H18ClIN4O. The molecule has 0 bridgehead atoms. The highest BCUT2D eigenvalue weighted by atomic mass is 127. The molecule has 0 spiro atoms. The number of hydrogen-bond donors (Lipinski definition) is 0. The SMILES string of the molecule is Cn1cc(C2CCC(Oc3nc(Cl)cc4ncc(I)cc34)CC2)cn1. The van der Waals surface area contributed by atoms with Gasteiger partial charge in [-0.15, -0.1) is 0 Å². The molecule has 25 heavy (non-hydrogen) atoms. The third-order valence-electron chi connectivity index (χ3n) is 4.73. The molecule has 3 aromatic rings. The second-order valence-electron chi connectivity index (χ2n) is 6.51. The van der Waals surface area contributed by atoms with Crippen LogP contribution >= 0.6 is 34.2 Å². The molecule has 130 valence electrons. The number of fused-ring (bicyclic) bond motifs is 1. The molecule has 3 heterocycles. The highest BCUT2D eigenvalue weighted by Gasteiger charge is 2.25. The fourth-order valence-electron chi connectivity index (χ4n) is 3.45. The molecule has 0 unspecified atom stereocenters. The van der Waals surface area contributed by atoms with E-state index in [0.29, 0.717) is 17.0 Å². The van der Waals surface area contributed by atoms with Crippen LogP contribution in [0, 0.1) is 3.57 Å². The molecule has 5 nitrogen and oxygen atoms in total. The minimum atomic E-state index is 0.167. The van der Waals surface area contributed by atoms with Gasteiger partial charge in [-0.25, -0.2) is 4.98 Å². The molecule has 1 saturated carbocycles. The van der Waals surface area contributed by atoms with Gasteiger partial charge in [-0.2, -0.15) is 5.10 Å². The zero-order valence-corrected chi connectivity index (χ0v) is 16.7. The van der Waals surface area contributed by atoms with Gasteiger partial charge in [0.25, 0.3) is 0 Å². The van der Waals surface area contributed by atoms with Gasteiger partial charge in [0.15, 0.2) is 0 Å². The number of nitrogens with zero attached hydrogens (tertiary/aromatic N) is 4. The van der Waals surface area contributed by atoms with E-state index in [2.05, 4.69) is 43.9 Å². The molecule has 7 heteroatoms. The molecular weight excluding hydrogens is 451 g/mol. The number of aryl methyl sites for hydroxylation is 1. The Hall–Kier alpha value is -1.41. The molecule has 0 aliphatic heterocycles. The zero-order valence-electron chi connectivity index (χ0n) is 13.8. The summed E-state index contributed by atoms with van der Waals surface area (Å²) in [4.78, 5) is 8.83. The summed E-state index contributed by atoms with van der Waals surface area (Å²) in [6.07, 6.45) is 10.3. The molecule has 1 aliphatic carbocycles. The Morgan fingerprint density at radius 3 is 2.72 bits per heavy atom. The van der Waals surface area contributed by atoms with Gasteiger partial charge in [-0.05, 0) is 65.8 Å². The Bertz CT molecular complexity index is 905. The molecule has 0 atom stereocenters. The van der Waals surface area contributed by atoms with Crippen LogP contribution in [-0.2, 0) is 7.05 Å². The van der Waals surface area contributed by atoms with Crippen LogP contribution in [0.3, 0.4) is 0 Å². The normalized spacial score (nSPS) is 20.8. The first-order valence-electron chi connectivity index (χ1n) is 8.35. The maximum absolute atomic E-state index is 6.23. The lowest BCUT2D eigenvalue weighted by Crippen LogP contribution is -2.23. The first kappa shape index (κ1) is 17.0. The largest absolute Gasteiger partial charge is 0.474 e. The van der Waals surface area contributed by atoms with Crippen LogP contribution in [0.2, 0.25) is 5.15 Å². The van der Waals surface area contributed by atoms with Crippen molar-refractivity contribution in [3.8, 4) is 5.88 Å². The maximum Gasteiger partial charge on any atom is 0.224 e. The van der Waals surface area contributed by atoms with Crippen molar-refractivity contribution >= 4 is 45.1 Å². The predicted octanol–water partition coefficient (Wildman–Crippen LogP) is 4.73. The molecule has 0 amide bonds. The summed E-state index contributed by atoms with van der Waals surface area (Å²) in [7, 11) is 1.96. The van der Waals surface area contributed by atoms with Gasteiger partial charge in [0, 0.05) is 29.1 Å². The fourth-order valence-corrected chi connectivity index (χ4v) is 4.08. The van der Waals surface area contributed by atoms with Crippen LogP contribution in [0.1, 0.15) is 37.2 Å². The van der Waals surface area contributed by atoms with E-state index in [4.69, 9.17) is 16.3 Å². The van der Waals surface area contributed by atoms with Crippen LogP contribution in [0.25, 0.3) is 10.9 Å². The number of pyridine rings is 2. The lowest BCUT2D eigenvalue weighted by atomic mass is 9.84. The van der Waals surface area contributed by atoms with Crippen LogP contribution in [0.15, 0.2) is 30.7 Å². The maximum atomic E-state index is 6.23. The number of rotatable bonds is 3.